The fourth-order valence-corrected chi connectivity index (χ4v) is 3.64. The number of nitrogens with one attached hydrogen (secondary N) is 1. The predicted molar refractivity (Wildman–Crippen MR) is 108 cm³/mol. The first-order chi connectivity index (χ1) is 13.3. The van der Waals surface area contributed by atoms with E-state index in [1.54, 1.807) is 17.8 Å². The van der Waals surface area contributed by atoms with Gasteiger partial charge >= 0.3 is 6.03 Å². The molecule has 0 saturated carbocycles. The number of benzene rings is 2. The van der Waals surface area contributed by atoms with Crippen molar-refractivity contribution in [3.63, 3.8) is 0 Å². The second kappa shape index (κ2) is 6.34. The molecular weight excluding hydrogens is 352 g/mol. The maximum atomic E-state index is 13.3. The molecule has 6 nitrogen and oxygen atoms in total. The van der Waals surface area contributed by atoms with Gasteiger partial charge in [-0.1, -0.05) is 42.5 Å². The first-order valence-corrected chi connectivity index (χ1v) is 9.17. The molecule has 6 heteroatoms. The van der Waals surface area contributed by atoms with Crippen molar-refractivity contribution in [1.29, 1.82) is 0 Å². The molecule has 1 aliphatic rings. The average molecular weight is 374 g/mol. The van der Waals surface area contributed by atoms with Crippen molar-refractivity contribution in [2.75, 3.05) is 4.90 Å². The van der Waals surface area contributed by atoms with E-state index in [2.05, 4.69) is 10.4 Å². The topological polar surface area (TPSA) is 67.2 Å². The number of amides is 3. The molecule has 3 amide bonds. The monoisotopic (exact) mass is 374 g/mol. The predicted octanol–water partition coefficient (Wildman–Crippen LogP) is 3.77. The average Bonchev–Trinajstić information content (AvgIpc) is 3.15. The summed E-state index contributed by atoms with van der Waals surface area (Å²) in [6.45, 7) is 7.62. The number of carbonyl (C=O) groups is 2. The normalized spacial score (nSPS) is 19.2. The van der Waals surface area contributed by atoms with Crippen LogP contribution in [0.3, 0.4) is 0 Å². The Labute approximate surface area is 163 Å². The molecule has 1 aliphatic heterocycles. The van der Waals surface area contributed by atoms with Crippen LogP contribution in [0.25, 0.3) is 5.69 Å². The molecule has 0 spiro atoms. The minimum Gasteiger partial charge on any atom is -0.319 e. The highest BCUT2D eigenvalue weighted by molar-refractivity contribution is 6.23. The Hall–Kier alpha value is -3.41. The highest BCUT2D eigenvalue weighted by Crippen LogP contribution is 2.34. The largest absolute Gasteiger partial charge is 0.330 e. The Kier molecular flexibility index (Phi) is 4.07. The lowest BCUT2D eigenvalue weighted by molar-refractivity contribution is -0.121. The van der Waals surface area contributed by atoms with Crippen LogP contribution in [-0.2, 0) is 10.3 Å². The number of aromatic nitrogens is 2. The maximum Gasteiger partial charge on any atom is 0.330 e. The van der Waals surface area contributed by atoms with Gasteiger partial charge in [-0.3, -0.25) is 4.79 Å². The summed E-state index contributed by atoms with van der Waals surface area (Å²) in [6.07, 6.45) is 1.57. The van der Waals surface area contributed by atoms with Crippen molar-refractivity contribution >= 4 is 17.6 Å². The second-order valence-corrected chi connectivity index (χ2v) is 7.38. The third-order valence-corrected chi connectivity index (χ3v) is 5.36. The van der Waals surface area contributed by atoms with E-state index in [1.807, 2.05) is 69.3 Å². The van der Waals surface area contributed by atoms with E-state index in [9.17, 15) is 9.59 Å². The van der Waals surface area contributed by atoms with Crippen molar-refractivity contribution in [3.8, 4) is 5.69 Å². The van der Waals surface area contributed by atoms with Gasteiger partial charge in [0.1, 0.15) is 5.54 Å². The van der Waals surface area contributed by atoms with E-state index in [-0.39, 0.29) is 5.91 Å². The molecule has 0 bridgehead atoms. The van der Waals surface area contributed by atoms with Crippen LogP contribution in [0.5, 0.6) is 0 Å². The lowest BCUT2D eigenvalue weighted by Crippen LogP contribution is -2.40. The summed E-state index contributed by atoms with van der Waals surface area (Å²) in [5, 5.41) is 7.31. The lowest BCUT2D eigenvalue weighted by Gasteiger charge is -2.22. The van der Waals surface area contributed by atoms with Gasteiger partial charge in [0.25, 0.3) is 5.91 Å². The summed E-state index contributed by atoms with van der Waals surface area (Å²) in [4.78, 5) is 27.2. The van der Waals surface area contributed by atoms with Crippen LogP contribution >= 0.6 is 0 Å². The quantitative estimate of drug-likeness (QED) is 0.710. The van der Waals surface area contributed by atoms with Crippen LogP contribution in [0.15, 0.2) is 54.7 Å². The van der Waals surface area contributed by atoms with Crippen molar-refractivity contribution in [2.45, 2.75) is 33.2 Å². The number of imide groups is 1. The zero-order chi connectivity index (χ0) is 20.1. The third kappa shape index (κ3) is 2.60. The van der Waals surface area contributed by atoms with Gasteiger partial charge in [-0.25, -0.2) is 14.4 Å². The minimum absolute atomic E-state index is 0.313. The van der Waals surface area contributed by atoms with E-state index in [0.29, 0.717) is 5.69 Å². The molecule has 0 aliphatic carbocycles. The van der Waals surface area contributed by atoms with Gasteiger partial charge in [0.15, 0.2) is 0 Å². The van der Waals surface area contributed by atoms with Gasteiger partial charge in [-0.2, -0.15) is 5.10 Å². The molecule has 2 heterocycles. The molecule has 0 radical (unpaired) electrons. The number of hydrogen-bond acceptors (Lipinski definition) is 3. The molecule has 1 saturated heterocycles. The number of carbonyl (C=O) groups excluding carboxylic acids is 2. The first kappa shape index (κ1) is 18.0. The summed E-state index contributed by atoms with van der Waals surface area (Å²) in [7, 11) is 0. The van der Waals surface area contributed by atoms with Gasteiger partial charge in [0.05, 0.1) is 23.3 Å². The Morgan fingerprint density at radius 3 is 2.39 bits per heavy atom. The summed E-state index contributed by atoms with van der Waals surface area (Å²) in [5.74, 6) is -0.313. The van der Waals surface area contributed by atoms with E-state index < -0.39 is 11.6 Å². The third-order valence-electron chi connectivity index (χ3n) is 5.36. The highest BCUT2D eigenvalue weighted by Gasteiger charge is 2.50. The van der Waals surface area contributed by atoms with Crippen molar-refractivity contribution in [1.82, 2.24) is 15.1 Å². The number of anilines is 1. The molecule has 2 aromatic carbocycles. The van der Waals surface area contributed by atoms with E-state index in [1.165, 1.54) is 4.90 Å². The number of rotatable bonds is 3. The minimum atomic E-state index is -1.11. The second-order valence-electron chi connectivity index (χ2n) is 7.38. The highest BCUT2D eigenvalue weighted by atomic mass is 16.2. The van der Waals surface area contributed by atoms with E-state index in [4.69, 9.17) is 0 Å². The van der Waals surface area contributed by atoms with Gasteiger partial charge in [-0.15, -0.1) is 0 Å². The fourth-order valence-electron chi connectivity index (χ4n) is 3.64. The summed E-state index contributed by atoms with van der Waals surface area (Å²) in [5.41, 5.74) is 3.97. The molecule has 1 N–H and O–H groups in total. The molecule has 1 unspecified atom stereocenters. The molecule has 142 valence electrons. The van der Waals surface area contributed by atoms with Crippen LogP contribution in [0.4, 0.5) is 10.5 Å². The smallest absolute Gasteiger partial charge is 0.319 e. The van der Waals surface area contributed by atoms with Gasteiger partial charge in [-0.05, 0) is 50.5 Å². The summed E-state index contributed by atoms with van der Waals surface area (Å²) < 4.78 is 1.77. The molecule has 4 rings (SSSR count). The van der Waals surface area contributed by atoms with Crippen molar-refractivity contribution in [3.05, 3.63) is 77.1 Å². The molecule has 3 aromatic rings. The number of hydrogen-bond donors (Lipinski definition) is 1. The maximum absolute atomic E-state index is 13.3. The number of aryl methyl sites for hydroxylation is 2. The van der Waals surface area contributed by atoms with E-state index in [0.717, 1.165) is 28.1 Å². The van der Waals surface area contributed by atoms with Crippen LogP contribution in [0, 0.1) is 20.8 Å². The van der Waals surface area contributed by atoms with Crippen LogP contribution in [0.1, 0.15) is 29.3 Å². The van der Waals surface area contributed by atoms with Crippen LogP contribution < -0.4 is 10.2 Å². The Balaban J connectivity index is 1.77. The SMILES string of the molecule is Cc1ccc(C)c(-n2ncc(N3C(=O)NC(C)(c4ccccc4)C3=O)c2C)c1. The molecule has 28 heavy (non-hydrogen) atoms. The number of nitrogens with zero attached hydrogens (tertiary/aromatic N) is 3. The van der Waals surface area contributed by atoms with Crippen LogP contribution in [0.2, 0.25) is 0 Å². The summed E-state index contributed by atoms with van der Waals surface area (Å²) >= 11 is 0. The zero-order valence-corrected chi connectivity index (χ0v) is 16.4. The number of urea groups is 1. The van der Waals surface area contributed by atoms with E-state index >= 15 is 0 Å². The standard InChI is InChI=1S/C22H22N4O2/c1-14-10-11-15(2)18(12-14)26-16(3)19(13-23-26)25-20(27)22(4,24-21(25)28)17-8-6-5-7-9-17/h5-13H,1-4H3,(H,24,28). The Bertz CT molecular complexity index is 1090. The summed E-state index contributed by atoms with van der Waals surface area (Å²) in [6, 6.07) is 14.9. The first-order valence-electron chi connectivity index (χ1n) is 9.17. The Morgan fingerprint density at radius 1 is 0.964 bits per heavy atom. The molecule has 1 fully saturated rings. The van der Waals surface area contributed by atoms with Crippen molar-refractivity contribution in [2.24, 2.45) is 0 Å². The molecule has 1 atom stereocenters. The van der Waals surface area contributed by atoms with Crippen LogP contribution in [-0.4, -0.2) is 21.7 Å². The lowest BCUT2D eigenvalue weighted by atomic mass is 9.92. The van der Waals surface area contributed by atoms with Gasteiger partial charge in [0, 0.05) is 0 Å². The molecule has 1 aromatic heterocycles. The zero-order valence-electron chi connectivity index (χ0n) is 16.4. The Morgan fingerprint density at radius 2 is 1.68 bits per heavy atom. The van der Waals surface area contributed by atoms with Gasteiger partial charge < -0.3 is 5.32 Å². The van der Waals surface area contributed by atoms with Gasteiger partial charge in [0.2, 0.25) is 0 Å². The molecular formula is C22H22N4O2. The van der Waals surface area contributed by atoms with Crippen molar-refractivity contribution < 1.29 is 9.59 Å². The fraction of sp³-hybridized carbons (Fsp3) is 0.227.